The van der Waals surface area contributed by atoms with Gasteiger partial charge in [-0.15, -0.1) is 0 Å². The first-order chi connectivity index (χ1) is 12.5. The van der Waals surface area contributed by atoms with E-state index in [9.17, 15) is 4.79 Å². The summed E-state index contributed by atoms with van der Waals surface area (Å²) in [5, 5.41) is 4.61. The summed E-state index contributed by atoms with van der Waals surface area (Å²) in [7, 11) is 0. The number of hydrogen-bond donors (Lipinski definition) is 2. The third kappa shape index (κ3) is 3.10. The molecule has 2 heterocycles. The molecule has 1 fully saturated rings. The first kappa shape index (κ1) is 16.8. The first-order valence-electron chi connectivity index (χ1n) is 8.53. The number of fused-ring (bicyclic) bond motifs is 1. The number of halogens is 1. The molecular weight excluding hydrogens is 348 g/mol. The molecule has 0 atom stereocenters. The highest BCUT2D eigenvalue weighted by Gasteiger charge is 2.44. The molecule has 0 unspecified atom stereocenters. The predicted octanol–water partition coefficient (Wildman–Crippen LogP) is 4.34. The molecule has 6 heteroatoms. The second-order valence-electron chi connectivity index (χ2n) is 6.99. The molecule has 0 spiro atoms. The third-order valence-corrected chi connectivity index (χ3v) is 5.22. The number of nitrogens with one attached hydrogen (secondary N) is 2. The van der Waals surface area contributed by atoms with Gasteiger partial charge >= 0.3 is 0 Å². The lowest BCUT2D eigenvalue weighted by molar-refractivity contribution is -0.125. The summed E-state index contributed by atoms with van der Waals surface area (Å²) < 4.78 is 0. The van der Waals surface area contributed by atoms with Gasteiger partial charge in [-0.25, -0.2) is 0 Å². The summed E-state index contributed by atoms with van der Waals surface area (Å²) in [4.78, 5) is 24.1. The van der Waals surface area contributed by atoms with E-state index in [-0.39, 0.29) is 11.3 Å². The molecule has 26 heavy (non-hydrogen) atoms. The monoisotopic (exact) mass is 366 g/mol. The van der Waals surface area contributed by atoms with Crippen LogP contribution in [0, 0.1) is 5.41 Å². The highest BCUT2D eigenvalue weighted by Crippen LogP contribution is 2.45. The van der Waals surface area contributed by atoms with E-state index in [1.807, 2.05) is 25.1 Å². The van der Waals surface area contributed by atoms with E-state index in [4.69, 9.17) is 11.6 Å². The van der Waals surface area contributed by atoms with Gasteiger partial charge in [0.1, 0.15) is 0 Å². The number of aromatic amines is 1. The molecule has 1 saturated carbocycles. The van der Waals surface area contributed by atoms with E-state index < -0.39 is 0 Å². The van der Waals surface area contributed by atoms with Crippen LogP contribution in [0.25, 0.3) is 28.2 Å². The Morgan fingerprint density at radius 3 is 2.81 bits per heavy atom. The van der Waals surface area contributed by atoms with Gasteiger partial charge in [0.25, 0.3) is 0 Å². The van der Waals surface area contributed by atoms with Crippen LogP contribution in [0.4, 0.5) is 0 Å². The first-order valence-corrected chi connectivity index (χ1v) is 8.91. The smallest absolute Gasteiger partial charge is 0.226 e. The van der Waals surface area contributed by atoms with E-state index in [0.717, 1.165) is 35.0 Å². The van der Waals surface area contributed by atoms with Crippen LogP contribution in [-0.4, -0.2) is 20.9 Å². The van der Waals surface area contributed by atoms with Crippen molar-refractivity contribution >= 4 is 34.5 Å². The van der Waals surface area contributed by atoms with Crippen molar-refractivity contribution < 1.29 is 4.79 Å². The van der Waals surface area contributed by atoms with Crippen LogP contribution in [0.1, 0.15) is 31.2 Å². The number of carbonyl (C=O) groups excluding carboxylic acids is 1. The van der Waals surface area contributed by atoms with Crippen molar-refractivity contribution in [1.82, 2.24) is 20.3 Å². The normalized spacial score (nSPS) is 15.0. The van der Waals surface area contributed by atoms with Gasteiger partial charge in [-0.05, 0) is 37.1 Å². The molecular formula is C20H19ClN4O. The Morgan fingerprint density at radius 1 is 1.35 bits per heavy atom. The SMILES string of the molecule is C=Cc1cnc(-c2cc3[nH]c(CNC(=O)C4(C)CC4)cc3cc2Cl)cn1. The third-order valence-electron chi connectivity index (χ3n) is 4.91. The molecule has 3 aromatic rings. The minimum absolute atomic E-state index is 0.118. The number of rotatable bonds is 5. The van der Waals surface area contributed by atoms with Crippen molar-refractivity contribution in [3.63, 3.8) is 0 Å². The van der Waals surface area contributed by atoms with Crippen molar-refractivity contribution in [3.05, 3.63) is 53.6 Å². The van der Waals surface area contributed by atoms with Crippen molar-refractivity contribution in [2.75, 3.05) is 0 Å². The Labute approximate surface area is 156 Å². The lowest BCUT2D eigenvalue weighted by Crippen LogP contribution is -2.29. The molecule has 2 aromatic heterocycles. The molecule has 0 saturated heterocycles. The zero-order valence-electron chi connectivity index (χ0n) is 14.5. The second kappa shape index (κ2) is 6.25. The molecule has 2 N–H and O–H groups in total. The zero-order chi connectivity index (χ0) is 18.3. The summed E-state index contributed by atoms with van der Waals surface area (Å²) in [6.45, 7) is 6.15. The van der Waals surface area contributed by atoms with Crippen molar-refractivity contribution in [2.24, 2.45) is 5.41 Å². The molecule has 0 bridgehead atoms. The van der Waals surface area contributed by atoms with E-state index in [2.05, 4.69) is 26.8 Å². The minimum atomic E-state index is -0.168. The van der Waals surface area contributed by atoms with Gasteiger partial charge in [-0.1, -0.05) is 25.1 Å². The molecule has 4 rings (SSSR count). The largest absolute Gasteiger partial charge is 0.357 e. The second-order valence-corrected chi connectivity index (χ2v) is 7.40. The fraction of sp³-hybridized carbons (Fsp3) is 0.250. The van der Waals surface area contributed by atoms with Crippen molar-refractivity contribution in [1.29, 1.82) is 0 Å². The van der Waals surface area contributed by atoms with Gasteiger partial charge in [-0.2, -0.15) is 0 Å². The summed E-state index contributed by atoms with van der Waals surface area (Å²) in [6, 6.07) is 5.87. The molecule has 1 aliphatic rings. The maximum Gasteiger partial charge on any atom is 0.226 e. The summed E-state index contributed by atoms with van der Waals surface area (Å²) in [5.74, 6) is 0.118. The zero-order valence-corrected chi connectivity index (χ0v) is 15.2. The quantitative estimate of drug-likeness (QED) is 0.705. The van der Waals surface area contributed by atoms with Gasteiger partial charge in [-0.3, -0.25) is 14.8 Å². The molecule has 1 aromatic carbocycles. The maximum absolute atomic E-state index is 12.1. The van der Waals surface area contributed by atoms with Crippen LogP contribution in [0.15, 0.2) is 37.2 Å². The number of amides is 1. The van der Waals surface area contributed by atoms with E-state index in [1.165, 1.54) is 0 Å². The molecule has 132 valence electrons. The van der Waals surface area contributed by atoms with Gasteiger partial charge < -0.3 is 10.3 Å². The summed E-state index contributed by atoms with van der Waals surface area (Å²) >= 11 is 6.44. The fourth-order valence-corrected chi connectivity index (χ4v) is 3.16. The van der Waals surface area contributed by atoms with Crippen LogP contribution < -0.4 is 5.32 Å². The number of hydrogen-bond acceptors (Lipinski definition) is 3. The molecule has 1 amide bonds. The molecule has 0 aliphatic heterocycles. The highest BCUT2D eigenvalue weighted by atomic mass is 35.5. The van der Waals surface area contributed by atoms with Crippen LogP contribution in [-0.2, 0) is 11.3 Å². The Hall–Kier alpha value is -2.66. The maximum atomic E-state index is 12.1. The number of carbonyl (C=O) groups is 1. The van der Waals surface area contributed by atoms with Gasteiger partial charge in [0.2, 0.25) is 5.91 Å². The van der Waals surface area contributed by atoms with Crippen LogP contribution >= 0.6 is 11.6 Å². The van der Waals surface area contributed by atoms with Crippen LogP contribution in [0.5, 0.6) is 0 Å². The number of aromatic nitrogens is 3. The lowest BCUT2D eigenvalue weighted by Gasteiger charge is -2.08. The fourth-order valence-electron chi connectivity index (χ4n) is 2.89. The Morgan fingerprint density at radius 2 is 2.15 bits per heavy atom. The Balaban J connectivity index is 1.59. The predicted molar refractivity (Wildman–Crippen MR) is 104 cm³/mol. The molecule has 5 nitrogen and oxygen atoms in total. The van der Waals surface area contributed by atoms with Gasteiger partial charge in [0.15, 0.2) is 0 Å². The molecule has 0 radical (unpaired) electrons. The van der Waals surface area contributed by atoms with Crippen molar-refractivity contribution in [2.45, 2.75) is 26.3 Å². The number of nitrogens with zero attached hydrogens (tertiary/aromatic N) is 2. The standard InChI is InChI=1S/C20H19ClN4O/c1-3-13-9-23-18(11-22-13)15-8-17-12(7-16(15)21)6-14(25-17)10-24-19(26)20(2)4-5-20/h3,6-9,11,25H,1,4-5,10H2,2H3,(H,24,26). The topological polar surface area (TPSA) is 70.7 Å². The Kier molecular flexibility index (Phi) is 4.04. The van der Waals surface area contributed by atoms with E-state index in [0.29, 0.717) is 23.0 Å². The average molecular weight is 367 g/mol. The van der Waals surface area contributed by atoms with Crippen LogP contribution in [0.2, 0.25) is 5.02 Å². The number of H-pyrrole nitrogens is 1. The van der Waals surface area contributed by atoms with E-state index >= 15 is 0 Å². The Bertz CT molecular complexity index is 1000. The van der Waals surface area contributed by atoms with Crippen molar-refractivity contribution in [3.8, 4) is 11.3 Å². The minimum Gasteiger partial charge on any atom is -0.357 e. The molecule has 1 aliphatic carbocycles. The van der Waals surface area contributed by atoms with Crippen LogP contribution in [0.3, 0.4) is 0 Å². The van der Waals surface area contributed by atoms with E-state index in [1.54, 1.807) is 18.5 Å². The number of benzene rings is 1. The summed E-state index contributed by atoms with van der Waals surface area (Å²) in [6.07, 6.45) is 6.93. The lowest BCUT2D eigenvalue weighted by atomic mass is 10.1. The van der Waals surface area contributed by atoms with Gasteiger partial charge in [0.05, 0.1) is 35.3 Å². The average Bonchev–Trinajstić information content (AvgIpc) is 3.28. The summed E-state index contributed by atoms with van der Waals surface area (Å²) in [5.41, 5.74) is 3.95. The van der Waals surface area contributed by atoms with Gasteiger partial charge in [0, 0.05) is 27.6 Å². The highest BCUT2D eigenvalue weighted by molar-refractivity contribution is 6.34.